The van der Waals surface area contributed by atoms with Crippen molar-refractivity contribution in [2.24, 2.45) is 22.7 Å². The molecule has 0 unspecified atom stereocenters. The van der Waals surface area contributed by atoms with Crippen LogP contribution in [-0.4, -0.2) is 37.6 Å². The maximum absolute atomic E-state index is 6.47. The van der Waals surface area contributed by atoms with Crippen LogP contribution in [0.3, 0.4) is 0 Å². The lowest BCUT2D eigenvalue weighted by molar-refractivity contribution is 0.198. The van der Waals surface area contributed by atoms with Gasteiger partial charge in [-0.1, -0.05) is 71.4 Å². The molecule has 1 atom stereocenters. The third-order valence-electron chi connectivity index (χ3n) is 11.4. The van der Waals surface area contributed by atoms with Crippen LogP contribution in [0.5, 0.6) is 0 Å². The number of aryl methyl sites for hydroxylation is 1. The van der Waals surface area contributed by atoms with Gasteiger partial charge in [-0.15, -0.1) is 0 Å². The van der Waals surface area contributed by atoms with E-state index in [4.69, 9.17) is 19.7 Å². The standard InChI is InChI=1S/C48H47N5O/c1-28(2)32-14-18-44-40(25-32)38-11-10-20-50-47(38)53(44)35-15-16-37-39-21-31(7)13-17-43(39)52(45(37)26-35)36-23-33(41-12-8-9-19-49-41)22-34(24-36)48-51-42(27-54-48)46(29(3)4)30(5)6/h8-26,28-30,42,46H,27H2,1-7H3/t42-/m0/s1. The number of hydrogen-bond donors (Lipinski definition) is 0. The first-order valence-corrected chi connectivity index (χ1v) is 19.4. The van der Waals surface area contributed by atoms with Crippen LogP contribution in [0.25, 0.3) is 66.4 Å². The van der Waals surface area contributed by atoms with Gasteiger partial charge in [-0.05, 0) is 115 Å². The molecule has 0 bridgehead atoms. The van der Waals surface area contributed by atoms with E-state index in [0.29, 0.717) is 36.2 Å². The number of hydrogen-bond acceptors (Lipinski definition) is 4. The van der Waals surface area contributed by atoms with Crippen LogP contribution in [0.2, 0.25) is 0 Å². The molecule has 0 saturated carbocycles. The van der Waals surface area contributed by atoms with Crippen LogP contribution in [-0.2, 0) is 4.74 Å². The minimum absolute atomic E-state index is 0.122. The summed E-state index contributed by atoms with van der Waals surface area (Å²) in [5.74, 6) is 2.60. The summed E-state index contributed by atoms with van der Waals surface area (Å²) in [5.41, 5.74) is 11.9. The molecule has 5 heterocycles. The van der Waals surface area contributed by atoms with Gasteiger partial charge in [0.1, 0.15) is 12.3 Å². The monoisotopic (exact) mass is 709 g/mol. The SMILES string of the molecule is Cc1ccc2c(c1)c1ccc(-n3c4ccc(C(C)C)cc4c4cccnc43)cc1n2-c1cc(C2=N[C@H](C(C(C)C)C(C)C)CO2)cc(-c2ccccn2)c1. The summed E-state index contributed by atoms with van der Waals surface area (Å²) in [6.07, 6.45) is 3.75. The van der Waals surface area contributed by atoms with Crippen molar-refractivity contribution in [1.82, 2.24) is 19.1 Å². The maximum Gasteiger partial charge on any atom is 0.216 e. The van der Waals surface area contributed by atoms with Crippen molar-refractivity contribution in [1.29, 1.82) is 0 Å². The van der Waals surface area contributed by atoms with E-state index in [-0.39, 0.29) is 6.04 Å². The molecule has 270 valence electrons. The van der Waals surface area contributed by atoms with Gasteiger partial charge in [-0.3, -0.25) is 9.55 Å². The molecule has 0 radical (unpaired) electrons. The molecular weight excluding hydrogens is 663 g/mol. The molecule has 0 amide bonds. The van der Waals surface area contributed by atoms with E-state index in [2.05, 4.69) is 143 Å². The Labute approximate surface area is 317 Å². The second-order valence-corrected chi connectivity index (χ2v) is 16.1. The zero-order valence-corrected chi connectivity index (χ0v) is 32.2. The van der Waals surface area contributed by atoms with Crippen molar-refractivity contribution in [3.8, 4) is 22.6 Å². The normalized spacial score (nSPS) is 14.9. The smallest absolute Gasteiger partial charge is 0.216 e. The molecule has 6 nitrogen and oxygen atoms in total. The van der Waals surface area contributed by atoms with E-state index in [0.717, 1.165) is 55.8 Å². The molecule has 1 aliphatic heterocycles. The van der Waals surface area contributed by atoms with Gasteiger partial charge in [0.15, 0.2) is 0 Å². The second-order valence-electron chi connectivity index (χ2n) is 16.1. The number of nitrogens with zero attached hydrogens (tertiary/aromatic N) is 5. The molecule has 0 aliphatic carbocycles. The summed E-state index contributed by atoms with van der Waals surface area (Å²) in [7, 11) is 0. The molecular formula is C48H47N5O. The summed E-state index contributed by atoms with van der Waals surface area (Å²) < 4.78 is 11.2. The van der Waals surface area contributed by atoms with Gasteiger partial charge in [0.05, 0.1) is 28.3 Å². The molecule has 4 aromatic carbocycles. The Bertz CT molecular complexity index is 2720. The number of aromatic nitrogens is 4. The van der Waals surface area contributed by atoms with Gasteiger partial charge in [0.2, 0.25) is 5.90 Å². The van der Waals surface area contributed by atoms with Gasteiger partial charge < -0.3 is 9.30 Å². The first kappa shape index (κ1) is 34.0. The topological polar surface area (TPSA) is 57.2 Å². The third-order valence-corrected chi connectivity index (χ3v) is 11.4. The van der Waals surface area contributed by atoms with Crippen molar-refractivity contribution >= 4 is 49.6 Å². The Morgan fingerprint density at radius 3 is 2.15 bits per heavy atom. The Kier molecular flexibility index (Phi) is 8.37. The average Bonchev–Trinajstić information content (AvgIpc) is 3.87. The minimum Gasteiger partial charge on any atom is -0.475 e. The zero-order chi connectivity index (χ0) is 37.2. The minimum atomic E-state index is 0.122. The van der Waals surface area contributed by atoms with E-state index in [1.54, 1.807) is 0 Å². The largest absolute Gasteiger partial charge is 0.475 e. The van der Waals surface area contributed by atoms with Crippen LogP contribution in [0, 0.1) is 24.7 Å². The summed E-state index contributed by atoms with van der Waals surface area (Å²) >= 11 is 0. The highest BCUT2D eigenvalue weighted by molar-refractivity contribution is 6.12. The summed E-state index contributed by atoms with van der Waals surface area (Å²) in [6.45, 7) is 16.5. The lowest BCUT2D eigenvalue weighted by atomic mass is 9.80. The predicted octanol–water partition coefficient (Wildman–Crippen LogP) is 11.8. The van der Waals surface area contributed by atoms with Crippen LogP contribution < -0.4 is 0 Å². The highest BCUT2D eigenvalue weighted by Gasteiger charge is 2.32. The highest BCUT2D eigenvalue weighted by Crippen LogP contribution is 2.39. The van der Waals surface area contributed by atoms with Crippen molar-refractivity contribution < 1.29 is 4.74 Å². The predicted molar refractivity (Wildman–Crippen MR) is 224 cm³/mol. The quantitative estimate of drug-likeness (QED) is 0.158. The van der Waals surface area contributed by atoms with Crippen molar-refractivity contribution in [3.63, 3.8) is 0 Å². The van der Waals surface area contributed by atoms with Gasteiger partial charge in [-0.2, -0.15) is 0 Å². The number of benzene rings is 4. The molecule has 54 heavy (non-hydrogen) atoms. The molecule has 0 fully saturated rings. The van der Waals surface area contributed by atoms with Gasteiger partial charge >= 0.3 is 0 Å². The van der Waals surface area contributed by atoms with Gasteiger partial charge in [-0.25, -0.2) is 9.98 Å². The Hall–Kier alpha value is -5.75. The van der Waals surface area contributed by atoms with Crippen molar-refractivity contribution in [2.45, 2.75) is 60.4 Å². The van der Waals surface area contributed by atoms with E-state index >= 15 is 0 Å². The molecule has 9 rings (SSSR count). The van der Waals surface area contributed by atoms with E-state index in [9.17, 15) is 0 Å². The zero-order valence-electron chi connectivity index (χ0n) is 32.2. The van der Waals surface area contributed by atoms with Crippen molar-refractivity contribution in [2.75, 3.05) is 6.61 Å². The number of fused-ring (bicyclic) bond motifs is 6. The summed E-state index contributed by atoms with van der Waals surface area (Å²) in [4.78, 5) is 15.0. The van der Waals surface area contributed by atoms with Crippen LogP contribution in [0.15, 0.2) is 121 Å². The fourth-order valence-corrected chi connectivity index (χ4v) is 8.97. The lowest BCUT2D eigenvalue weighted by Crippen LogP contribution is -2.29. The first-order chi connectivity index (χ1) is 26.2. The lowest BCUT2D eigenvalue weighted by Gasteiger charge is -2.27. The Balaban J connectivity index is 1.29. The summed E-state index contributed by atoms with van der Waals surface area (Å²) in [6, 6.07) is 37.6. The molecule has 0 saturated heterocycles. The van der Waals surface area contributed by atoms with E-state index < -0.39 is 0 Å². The third kappa shape index (κ3) is 5.67. The molecule has 0 spiro atoms. The van der Waals surface area contributed by atoms with E-state index in [1.165, 1.54) is 27.3 Å². The van der Waals surface area contributed by atoms with Crippen molar-refractivity contribution in [3.05, 3.63) is 132 Å². The molecule has 6 heteroatoms. The Morgan fingerprint density at radius 1 is 0.611 bits per heavy atom. The van der Waals surface area contributed by atoms with Crippen LogP contribution in [0.4, 0.5) is 0 Å². The van der Waals surface area contributed by atoms with Crippen LogP contribution >= 0.6 is 0 Å². The summed E-state index contributed by atoms with van der Waals surface area (Å²) in [5, 5.41) is 4.80. The fraction of sp³-hybridized carbons (Fsp3) is 0.271. The number of pyridine rings is 2. The van der Waals surface area contributed by atoms with Gasteiger partial charge in [0, 0.05) is 56.4 Å². The fourth-order valence-electron chi connectivity index (χ4n) is 8.97. The average molecular weight is 710 g/mol. The second kappa shape index (κ2) is 13.3. The van der Waals surface area contributed by atoms with E-state index in [1.807, 2.05) is 30.6 Å². The molecule has 8 aromatic rings. The molecule has 0 N–H and O–H groups in total. The maximum atomic E-state index is 6.47. The number of rotatable bonds is 8. The molecule has 4 aromatic heterocycles. The number of ether oxygens (including phenoxy) is 1. The first-order valence-electron chi connectivity index (χ1n) is 19.4. The number of aliphatic imine (C=N–C) groups is 1. The Morgan fingerprint density at radius 2 is 1.37 bits per heavy atom. The van der Waals surface area contributed by atoms with Crippen LogP contribution in [0.1, 0.15) is 64.2 Å². The van der Waals surface area contributed by atoms with Gasteiger partial charge in [0.25, 0.3) is 0 Å². The molecule has 1 aliphatic rings. The highest BCUT2D eigenvalue weighted by atomic mass is 16.5.